The molecule has 0 amide bonds. The van der Waals surface area contributed by atoms with Crippen molar-refractivity contribution in [2.75, 3.05) is 11.9 Å². The molecule has 0 N–H and O–H groups in total. The summed E-state index contributed by atoms with van der Waals surface area (Å²) in [6.45, 7) is 15.0. The molecule has 0 saturated carbocycles. The van der Waals surface area contributed by atoms with Crippen molar-refractivity contribution >= 4 is 11.8 Å². The van der Waals surface area contributed by atoms with Crippen LogP contribution in [0.5, 0.6) is 0 Å². The van der Waals surface area contributed by atoms with Gasteiger partial charge in [0.05, 0.1) is 17.9 Å². The third-order valence-electron chi connectivity index (χ3n) is 6.56. The minimum atomic E-state index is -0.820. The van der Waals surface area contributed by atoms with Gasteiger partial charge in [0.2, 0.25) is 5.79 Å². The molecule has 4 rings (SSSR count). The third-order valence-corrected chi connectivity index (χ3v) is 6.56. The van der Waals surface area contributed by atoms with Gasteiger partial charge in [0.15, 0.2) is 0 Å². The van der Waals surface area contributed by atoms with Crippen LogP contribution in [0.15, 0.2) is 48.2 Å². The fraction of sp³-hybridized carbons (Fsp3) is 0.448. The predicted octanol–water partition coefficient (Wildman–Crippen LogP) is 7.22. The normalized spacial score (nSPS) is 24.9. The standard InChI is InChI=1S/C29H37NO2/c1-18(2)14-23-10-9-11-26-24(23)12-13-27(30(26)8)25-16-19(3)15-20(4)28(25)29(7)31-21(5)17-22(6)32-29/h9-13,15-18,21,27H,14H2,1-8H3/t21?,27?,29-/m1/s1. The lowest BCUT2D eigenvalue weighted by molar-refractivity contribution is -0.240. The highest BCUT2D eigenvalue weighted by Gasteiger charge is 2.40. The lowest BCUT2D eigenvalue weighted by Crippen LogP contribution is -2.39. The van der Waals surface area contributed by atoms with Crippen molar-refractivity contribution in [1.82, 2.24) is 0 Å². The van der Waals surface area contributed by atoms with E-state index >= 15 is 0 Å². The highest BCUT2D eigenvalue weighted by atomic mass is 16.7. The minimum absolute atomic E-state index is 0.00116. The van der Waals surface area contributed by atoms with Gasteiger partial charge in [0.1, 0.15) is 0 Å². The van der Waals surface area contributed by atoms with E-state index in [1.54, 1.807) is 0 Å². The molecule has 3 heteroatoms. The summed E-state index contributed by atoms with van der Waals surface area (Å²) >= 11 is 0. The number of allylic oxidation sites excluding steroid dienone is 1. The molecular formula is C29H37NO2. The molecule has 0 radical (unpaired) electrons. The molecule has 32 heavy (non-hydrogen) atoms. The first-order chi connectivity index (χ1) is 15.1. The Balaban J connectivity index is 1.82. The molecule has 2 aliphatic rings. The van der Waals surface area contributed by atoms with Gasteiger partial charge in [-0.15, -0.1) is 0 Å². The SMILES string of the molecule is CC1=CC(C)O[C@@](C)(c2c(C)cc(C)cc2C2C=Cc3c(CC(C)C)cccc3N2C)O1. The Kier molecular flexibility index (Phi) is 5.98. The fourth-order valence-corrected chi connectivity index (χ4v) is 5.54. The number of likely N-dealkylation sites (N-methyl/N-ethyl adjacent to an activating group) is 1. The van der Waals surface area contributed by atoms with Gasteiger partial charge in [0, 0.05) is 30.8 Å². The van der Waals surface area contributed by atoms with Crippen LogP contribution in [0.25, 0.3) is 6.08 Å². The number of rotatable bonds is 4. The van der Waals surface area contributed by atoms with Gasteiger partial charge < -0.3 is 14.4 Å². The minimum Gasteiger partial charge on any atom is -0.463 e. The first kappa shape index (κ1) is 22.7. The summed E-state index contributed by atoms with van der Waals surface area (Å²) in [6.07, 6.45) is 7.77. The summed E-state index contributed by atoms with van der Waals surface area (Å²) in [5.74, 6) is 0.718. The van der Waals surface area contributed by atoms with Gasteiger partial charge in [-0.3, -0.25) is 0 Å². The smallest absolute Gasteiger partial charge is 0.235 e. The molecule has 0 saturated heterocycles. The van der Waals surface area contributed by atoms with E-state index in [4.69, 9.17) is 9.47 Å². The Labute approximate surface area is 193 Å². The van der Waals surface area contributed by atoms with Crippen molar-refractivity contribution in [3.63, 3.8) is 0 Å². The highest BCUT2D eigenvalue weighted by Crippen LogP contribution is 2.44. The Morgan fingerprint density at radius 3 is 2.56 bits per heavy atom. The third kappa shape index (κ3) is 4.11. The molecule has 0 fully saturated rings. The Morgan fingerprint density at radius 2 is 1.88 bits per heavy atom. The van der Waals surface area contributed by atoms with E-state index in [0.717, 1.165) is 17.7 Å². The van der Waals surface area contributed by atoms with Crippen LogP contribution in [0.4, 0.5) is 5.69 Å². The number of anilines is 1. The second kappa shape index (κ2) is 8.44. The maximum Gasteiger partial charge on any atom is 0.235 e. The van der Waals surface area contributed by atoms with Gasteiger partial charge in [-0.2, -0.15) is 0 Å². The van der Waals surface area contributed by atoms with Gasteiger partial charge in [-0.25, -0.2) is 0 Å². The summed E-state index contributed by atoms with van der Waals surface area (Å²) < 4.78 is 12.8. The van der Waals surface area contributed by atoms with Crippen LogP contribution in [0.3, 0.4) is 0 Å². The number of benzene rings is 2. The van der Waals surface area contributed by atoms with Crippen LogP contribution in [0.2, 0.25) is 0 Å². The average molecular weight is 432 g/mol. The summed E-state index contributed by atoms with van der Waals surface area (Å²) in [6, 6.07) is 11.3. The van der Waals surface area contributed by atoms with Crippen LogP contribution in [0.1, 0.15) is 74.0 Å². The number of nitrogens with zero attached hydrogens (tertiary/aromatic N) is 1. The highest BCUT2D eigenvalue weighted by molar-refractivity contribution is 5.75. The van der Waals surface area contributed by atoms with Crippen molar-refractivity contribution in [1.29, 1.82) is 0 Å². The van der Waals surface area contributed by atoms with E-state index in [-0.39, 0.29) is 12.1 Å². The average Bonchev–Trinajstić information content (AvgIpc) is 2.66. The fourth-order valence-electron chi connectivity index (χ4n) is 5.54. The Morgan fingerprint density at radius 1 is 1.12 bits per heavy atom. The monoisotopic (exact) mass is 431 g/mol. The molecule has 3 atom stereocenters. The van der Waals surface area contributed by atoms with E-state index in [1.807, 2.05) is 13.0 Å². The van der Waals surface area contributed by atoms with Crippen molar-refractivity contribution in [2.45, 2.75) is 72.8 Å². The molecule has 2 heterocycles. The molecule has 0 spiro atoms. The van der Waals surface area contributed by atoms with E-state index < -0.39 is 5.79 Å². The zero-order chi connectivity index (χ0) is 23.2. The van der Waals surface area contributed by atoms with Crippen LogP contribution >= 0.6 is 0 Å². The van der Waals surface area contributed by atoms with Crippen LogP contribution < -0.4 is 4.90 Å². The van der Waals surface area contributed by atoms with Gasteiger partial charge in [0.25, 0.3) is 0 Å². The molecule has 170 valence electrons. The summed E-state index contributed by atoms with van der Waals surface area (Å²) in [4.78, 5) is 2.40. The van der Waals surface area contributed by atoms with Gasteiger partial charge in [-0.1, -0.05) is 55.8 Å². The molecule has 0 bridgehead atoms. The Hall–Kier alpha value is -2.52. The van der Waals surface area contributed by atoms with Gasteiger partial charge >= 0.3 is 0 Å². The van der Waals surface area contributed by atoms with E-state index in [0.29, 0.717) is 5.92 Å². The second-order valence-corrected chi connectivity index (χ2v) is 10.1. The number of hydrogen-bond donors (Lipinski definition) is 0. The molecule has 0 aliphatic carbocycles. The van der Waals surface area contributed by atoms with Crippen molar-refractivity contribution in [3.8, 4) is 0 Å². The first-order valence-electron chi connectivity index (χ1n) is 11.8. The zero-order valence-electron chi connectivity index (χ0n) is 20.8. The summed E-state index contributed by atoms with van der Waals surface area (Å²) in [5.41, 5.74) is 8.86. The van der Waals surface area contributed by atoms with Crippen molar-refractivity contribution in [3.05, 3.63) is 81.6 Å². The second-order valence-electron chi connectivity index (χ2n) is 10.1. The topological polar surface area (TPSA) is 21.7 Å². The first-order valence-corrected chi connectivity index (χ1v) is 11.8. The zero-order valence-corrected chi connectivity index (χ0v) is 20.8. The number of fused-ring (bicyclic) bond motifs is 1. The lowest BCUT2D eigenvalue weighted by Gasteiger charge is -2.42. The molecule has 2 aliphatic heterocycles. The molecule has 0 aromatic heterocycles. The number of aryl methyl sites for hydroxylation is 2. The van der Waals surface area contributed by atoms with Crippen molar-refractivity contribution in [2.24, 2.45) is 5.92 Å². The molecule has 3 nitrogen and oxygen atoms in total. The van der Waals surface area contributed by atoms with E-state index in [2.05, 4.69) is 96.0 Å². The summed E-state index contributed by atoms with van der Waals surface area (Å²) in [7, 11) is 2.20. The van der Waals surface area contributed by atoms with Crippen molar-refractivity contribution < 1.29 is 9.47 Å². The largest absolute Gasteiger partial charge is 0.463 e. The summed E-state index contributed by atoms with van der Waals surface area (Å²) in [5, 5.41) is 0. The maximum atomic E-state index is 6.41. The van der Waals surface area contributed by atoms with E-state index in [1.165, 1.54) is 33.5 Å². The molecular weight excluding hydrogens is 394 g/mol. The molecule has 2 unspecified atom stereocenters. The molecule has 2 aromatic rings. The van der Waals surface area contributed by atoms with Crippen LogP contribution in [-0.4, -0.2) is 13.2 Å². The molecule has 2 aromatic carbocycles. The number of ether oxygens (including phenoxy) is 2. The number of hydrogen-bond acceptors (Lipinski definition) is 3. The Bertz CT molecular complexity index is 1080. The van der Waals surface area contributed by atoms with E-state index in [9.17, 15) is 0 Å². The predicted molar refractivity (Wildman–Crippen MR) is 134 cm³/mol. The van der Waals surface area contributed by atoms with Crippen LogP contribution in [0, 0.1) is 19.8 Å². The maximum absolute atomic E-state index is 6.41. The quantitative estimate of drug-likeness (QED) is 0.510. The lowest BCUT2D eigenvalue weighted by atomic mass is 9.85. The van der Waals surface area contributed by atoms with Crippen LogP contribution in [-0.2, 0) is 21.7 Å². The van der Waals surface area contributed by atoms with Gasteiger partial charge in [-0.05, 0) is 68.9 Å².